The minimum absolute atomic E-state index is 0.174. The van der Waals surface area contributed by atoms with Crippen LogP contribution in [0.3, 0.4) is 0 Å². The Bertz CT molecular complexity index is 1170. The summed E-state index contributed by atoms with van der Waals surface area (Å²) in [5.74, 6) is 0.503. The van der Waals surface area contributed by atoms with Crippen molar-refractivity contribution in [2.45, 2.75) is 31.5 Å². The van der Waals surface area contributed by atoms with Gasteiger partial charge in [0.15, 0.2) is 12.2 Å². The number of rotatable bonds is 5. The van der Waals surface area contributed by atoms with Crippen LogP contribution in [0.15, 0.2) is 71.9 Å². The van der Waals surface area contributed by atoms with Crippen LogP contribution in [0.1, 0.15) is 24.8 Å². The summed E-state index contributed by atoms with van der Waals surface area (Å²) >= 11 is 0. The largest absolute Gasteiger partial charge is 0.328 e. The number of likely N-dealkylation sites (tertiary alicyclic amines) is 1. The molecule has 0 aromatic heterocycles. The van der Waals surface area contributed by atoms with Gasteiger partial charge in [-0.15, -0.1) is 0 Å². The highest BCUT2D eigenvalue weighted by Crippen LogP contribution is 2.39. The third-order valence-corrected chi connectivity index (χ3v) is 7.38. The number of fused-ring (bicyclic) bond motifs is 3. The maximum atomic E-state index is 13.8. The number of para-hydroxylation sites is 1. The second-order valence-corrected chi connectivity index (χ2v) is 9.53. The van der Waals surface area contributed by atoms with Crippen molar-refractivity contribution in [3.63, 3.8) is 0 Å². The Morgan fingerprint density at radius 3 is 2.29 bits per heavy atom. The van der Waals surface area contributed by atoms with Gasteiger partial charge in [-0.1, -0.05) is 55.0 Å². The molecule has 2 aromatic carbocycles. The van der Waals surface area contributed by atoms with Crippen LogP contribution in [-0.2, 0) is 4.79 Å². The molecule has 2 saturated heterocycles. The number of urea groups is 1. The summed E-state index contributed by atoms with van der Waals surface area (Å²) < 4.78 is 0. The summed E-state index contributed by atoms with van der Waals surface area (Å²) in [4.78, 5) is 41.3. The highest BCUT2D eigenvalue weighted by atomic mass is 16.2. The smallest absolute Gasteiger partial charge is 0.302 e. The van der Waals surface area contributed by atoms with Gasteiger partial charge in [0.1, 0.15) is 0 Å². The number of carbonyl (C=O) groups is 2. The van der Waals surface area contributed by atoms with Crippen molar-refractivity contribution in [3.8, 4) is 0 Å². The van der Waals surface area contributed by atoms with Crippen LogP contribution in [0, 0.1) is 0 Å². The summed E-state index contributed by atoms with van der Waals surface area (Å²) in [6.45, 7) is 3.20. The van der Waals surface area contributed by atoms with Crippen LogP contribution in [0.2, 0.25) is 0 Å². The van der Waals surface area contributed by atoms with Crippen LogP contribution < -0.4 is 4.90 Å². The summed E-state index contributed by atoms with van der Waals surface area (Å²) in [5, 5.41) is 0. The van der Waals surface area contributed by atoms with Gasteiger partial charge in [-0.25, -0.2) is 9.79 Å². The Labute approximate surface area is 205 Å². The molecule has 8 heteroatoms. The lowest BCUT2D eigenvalue weighted by Gasteiger charge is -2.40. The van der Waals surface area contributed by atoms with Crippen molar-refractivity contribution >= 4 is 29.3 Å². The number of anilines is 1. The number of carbonyl (C=O) groups excluding carboxylic acids is 2. The minimum atomic E-state index is -0.568. The first kappa shape index (κ1) is 21.9. The van der Waals surface area contributed by atoms with E-state index >= 15 is 0 Å². The molecule has 0 aliphatic carbocycles. The number of imide groups is 1. The Morgan fingerprint density at radius 2 is 1.57 bits per heavy atom. The second-order valence-electron chi connectivity index (χ2n) is 9.53. The lowest BCUT2D eigenvalue weighted by Crippen LogP contribution is -2.65. The summed E-state index contributed by atoms with van der Waals surface area (Å²) in [6, 6.07) is 19.3. The molecule has 0 saturated carbocycles. The van der Waals surface area contributed by atoms with Gasteiger partial charge in [0.2, 0.25) is 5.96 Å². The van der Waals surface area contributed by atoms with Crippen LogP contribution in [0.25, 0.3) is 5.70 Å². The summed E-state index contributed by atoms with van der Waals surface area (Å²) in [7, 11) is 1.75. The minimum Gasteiger partial charge on any atom is -0.302 e. The molecule has 4 aliphatic rings. The SMILES string of the molecule is CN1C(=O)N(CCN2CCCCC2)C(=O)C2C1N=C1N(c3ccccc3)C(c3ccccc3)=CN12. The van der Waals surface area contributed by atoms with E-state index in [-0.39, 0.29) is 11.9 Å². The van der Waals surface area contributed by atoms with E-state index < -0.39 is 12.2 Å². The lowest BCUT2D eigenvalue weighted by atomic mass is 10.1. The monoisotopic (exact) mass is 470 g/mol. The first-order valence-corrected chi connectivity index (χ1v) is 12.4. The van der Waals surface area contributed by atoms with E-state index in [0.29, 0.717) is 12.5 Å². The van der Waals surface area contributed by atoms with Crippen LogP contribution in [0.5, 0.6) is 0 Å². The zero-order valence-corrected chi connectivity index (χ0v) is 20.0. The fourth-order valence-corrected chi connectivity index (χ4v) is 5.51. The maximum absolute atomic E-state index is 13.8. The Kier molecular flexibility index (Phi) is 5.53. The van der Waals surface area contributed by atoms with E-state index in [1.807, 2.05) is 59.6 Å². The Balaban J connectivity index is 1.33. The first-order valence-electron chi connectivity index (χ1n) is 12.4. The molecule has 8 nitrogen and oxygen atoms in total. The number of guanidine groups is 1. The van der Waals surface area contributed by atoms with E-state index in [0.717, 1.165) is 36.6 Å². The molecule has 180 valence electrons. The van der Waals surface area contributed by atoms with E-state index in [1.54, 1.807) is 11.9 Å². The zero-order valence-electron chi connectivity index (χ0n) is 20.0. The van der Waals surface area contributed by atoms with Gasteiger partial charge in [-0.2, -0.15) is 0 Å². The zero-order chi connectivity index (χ0) is 23.9. The molecule has 3 amide bonds. The Morgan fingerprint density at radius 1 is 0.886 bits per heavy atom. The molecule has 0 radical (unpaired) electrons. The topological polar surface area (TPSA) is 62.7 Å². The quantitative estimate of drug-likeness (QED) is 0.671. The molecule has 0 N–H and O–H groups in total. The predicted octanol–water partition coefficient (Wildman–Crippen LogP) is 3.25. The number of amides is 3. The van der Waals surface area contributed by atoms with Gasteiger partial charge >= 0.3 is 6.03 Å². The molecular weight excluding hydrogens is 440 g/mol. The number of piperidine rings is 1. The third-order valence-electron chi connectivity index (χ3n) is 7.38. The molecule has 4 heterocycles. The number of nitrogens with zero attached hydrogens (tertiary/aromatic N) is 6. The van der Waals surface area contributed by atoms with Gasteiger partial charge in [0, 0.05) is 37.6 Å². The number of hydrogen-bond acceptors (Lipinski definition) is 6. The van der Waals surface area contributed by atoms with E-state index in [2.05, 4.69) is 21.9 Å². The second kappa shape index (κ2) is 8.85. The molecule has 2 unspecified atom stereocenters. The lowest BCUT2D eigenvalue weighted by molar-refractivity contribution is -0.136. The van der Waals surface area contributed by atoms with Gasteiger partial charge in [0.25, 0.3) is 5.91 Å². The van der Waals surface area contributed by atoms with Crippen LogP contribution in [0.4, 0.5) is 10.5 Å². The van der Waals surface area contributed by atoms with Gasteiger partial charge in [-0.05, 0) is 38.1 Å². The average molecular weight is 471 g/mol. The van der Waals surface area contributed by atoms with E-state index in [4.69, 9.17) is 4.99 Å². The highest BCUT2D eigenvalue weighted by molar-refractivity contribution is 6.16. The predicted molar refractivity (Wildman–Crippen MR) is 135 cm³/mol. The fraction of sp³-hybridized carbons (Fsp3) is 0.370. The van der Waals surface area contributed by atoms with Crippen LogP contribution >= 0.6 is 0 Å². The first-order chi connectivity index (χ1) is 17.1. The van der Waals surface area contributed by atoms with E-state index in [1.165, 1.54) is 24.2 Å². The summed E-state index contributed by atoms with van der Waals surface area (Å²) in [6.07, 6.45) is 5.08. The van der Waals surface area contributed by atoms with Gasteiger partial charge in [0.05, 0.1) is 5.70 Å². The molecule has 6 rings (SSSR count). The van der Waals surface area contributed by atoms with Gasteiger partial charge in [-0.3, -0.25) is 19.5 Å². The Hall–Kier alpha value is -3.65. The molecule has 35 heavy (non-hydrogen) atoms. The summed E-state index contributed by atoms with van der Waals surface area (Å²) in [5.41, 5.74) is 2.96. The van der Waals surface area contributed by atoms with Crippen molar-refractivity contribution in [2.75, 3.05) is 38.1 Å². The van der Waals surface area contributed by atoms with E-state index in [9.17, 15) is 9.59 Å². The number of likely N-dealkylation sites (N-methyl/N-ethyl adjacent to an activating group) is 1. The van der Waals surface area contributed by atoms with Crippen molar-refractivity contribution in [2.24, 2.45) is 4.99 Å². The molecule has 2 atom stereocenters. The highest BCUT2D eigenvalue weighted by Gasteiger charge is 2.54. The normalized spacial score (nSPS) is 24.5. The number of benzene rings is 2. The van der Waals surface area contributed by atoms with Crippen LogP contribution in [-0.4, -0.2) is 82.9 Å². The molecular formula is C27H30N6O2. The standard InChI is InChI=1S/C27H30N6O2/c1-29-24-23(25(34)31(27(29)35)18-17-30-15-9-4-10-16-30)32-19-22(20-11-5-2-6-12-20)33(26(32)28-24)21-13-7-3-8-14-21/h2-3,5-8,11-14,19,23-24H,4,9-10,15-18H2,1H3. The number of aliphatic imine (C=N–C) groups is 1. The molecule has 4 aliphatic heterocycles. The maximum Gasteiger partial charge on any atom is 0.328 e. The molecule has 0 bridgehead atoms. The molecule has 2 aromatic rings. The number of hydrogen-bond donors (Lipinski definition) is 0. The van der Waals surface area contributed by atoms with Crippen molar-refractivity contribution in [3.05, 3.63) is 72.4 Å². The fourth-order valence-electron chi connectivity index (χ4n) is 5.51. The van der Waals surface area contributed by atoms with Crippen molar-refractivity contribution in [1.82, 2.24) is 19.6 Å². The third kappa shape index (κ3) is 3.69. The van der Waals surface area contributed by atoms with Crippen molar-refractivity contribution < 1.29 is 9.59 Å². The molecule has 0 spiro atoms. The van der Waals surface area contributed by atoms with Crippen molar-refractivity contribution in [1.29, 1.82) is 0 Å². The average Bonchev–Trinajstić information content (AvgIpc) is 3.46. The molecule has 2 fully saturated rings. The van der Waals surface area contributed by atoms with Gasteiger partial charge < -0.3 is 9.80 Å².